The number of alkyl halides is 3. The van der Waals surface area contributed by atoms with E-state index in [0.717, 1.165) is 32.2 Å². The molecule has 0 bridgehead atoms. The van der Waals surface area contributed by atoms with Crippen LogP contribution < -0.4 is 15.4 Å². The van der Waals surface area contributed by atoms with Crippen molar-refractivity contribution >= 4 is 22.5 Å². The van der Waals surface area contributed by atoms with Gasteiger partial charge in [0.1, 0.15) is 35.3 Å². The van der Waals surface area contributed by atoms with Gasteiger partial charge in [0.15, 0.2) is 0 Å². The van der Waals surface area contributed by atoms with Crippen molar-refractivity contribution in [1.29, 1.82) is 0 Å². The van der Waals surface area contributed by atoms with E-state index in [1.807, 2.05) is 7.05 Å². The first-order chi connectivity index (χ1) is 17.7. The Labute approximate surface area is 211 Å². The number of hydrogen-bond donors (Lipinski definition) is 1. The predicted molar refractivity (Wildman–Crippen MR) is 132 cm³/mol. The van der Waals surface area contributed by atoms with Crippen LogP contribution in [0, 0.1) is 5.82 Å². The molecule has 1 fully saturated rings. The first kappa shape index (κ1) is 25.1. The Hall–Kier alpha value is -3.54. The summed E-state index contributed by atoms with van der Waals surface area (Å²) in [7, 11) is 2.03. The number of nitrogens with two attached hydrogens (primary N) is 1. The summed E-state index contributed by atoms with van der Waals surface area (Å²) in [5, 5.41) is 0.550. The highest BCUT2D eigenvalue weighted by Gasteiger charge is 2.39. The summed E-state index contributed by atoms with van der Waals surface area (Å²) in [6, 6.07) is 2.25. The van der Waals surface area contributed by atoms with Crippen LogP contribution in [0.2, 0.25) is 0 Å². The molecule has 5 heterocycles. The summed E-state index contributed by atoms with van der Waals surface area (Å²) in [6.45, 7) is 2.78. The number of ether oxygens (including phenoxy) is 1. The lowest BCUT2D eigenvalue weighted by atomic mass is 10.1. The van der Waals surface area contributed by atoms with E-state index < -0.39 is 23.3 Å². The van der Waals surface area contributed by atoms with Gasteiger partial charge in [-0.25, -0.2) is 9.37 Å². The van der Waals surface area contributed by atoms with Gasteiger partial charge in [0, 0.05) is 31.4 Å². The van der Waals surface area contributed by atoms with E-state index in [-0.39, 0.29) is 23.6 Å². The van der Waals surface area contributed by atoms with Crippen LogP contribution in [-0.2, 0) is 6.18 Å². The van der Waals surface area contributed by atoms with E-state index in [2.05, 4.69) is 41.9 Å². The maximum atomic E-state index is 14.4. The molecule has 1 atom stereocenters. The van der Waals surface area contributed by atoms with Crippen molar-refractivity contribution in [2.24, 2.45) is 0 Å². The van der Waals surface area contributed by atoms with Crippen LogP contribution in [-0.4, -0.2) is 64.2 Å². The van der Waals surface area contributed by atoms with Gasteiger partial charge in [0.2, 0.25) is 0 Å². The van der Waals surface area contributed by atoms with Gasteiger partial charge in [0.05, 0.1) is 16.6 Å². The second kappa shape index (κ2) is 10.1. The smallest absolute Gasteiger partial charge is 0.421 e. The van der Waals surface area contributed by atoms with Crippen molar-refractivity contribution in [3.63, 3.8) is 0 Å². The summed E-state index contributed by atoms with van der Waals surface area (Å²) in [5.41, 5.74) is 3.48. The van der Waals surface area contributed by atoms with Crippen LogP contribution in [0.25, 0.3) is 22.3 Å². The molecular weight excluding hydrogens is 490 g/mol. The van der Waals surface area contributed by atoms with E-state index in [4.69, 9.17) is 10.5 Å². The summed E-state index contributed by atoms with van der Waals surface area (Å²) < 4.78 is 61.5. The highest BCUT2D eigenvalue weighted by Crippen LogP contribution is 2.39. The van der Waals surface area contributed by atoms with Crippen LogP contribution >= 0.6 is 0 Å². The average molecular weight is 518 g/mol. The number of nitrogen functional groups attached to an aromatic ring is 1. The molecule has 0 saturated carbocycles. The van der Waals surface area contributed by atoms with Crippen LogP contribution in [0.15, 0.2) is 30.5 Å². The number of rotatable bonds is 5. The zero-order chi connectivity index (χ0) is 26.2. The molecule has 3 aromatic heterocycles. The number of nitrogens with zero attached hydrogens (tertiary/aromatic N) is 6. The highest BCUT2D eigenvalue weighted by molar-refractivity contribution is 5.91. The summed E-state index contributed by atoms with van der Waals surface area (Å²) in [6.07, 6.45) is 4.33. The average Bonchev–Trinajstić information content (AvgIpc) is 3.07. The van der Waals surface area contributed by atoms with E-state index in [0.29, 0.717) is 42.5 Å². The maximum Gasteiger partial charge on any atom is 0.421 e. The first-order valence-corrected chi connectivity index (χ1v) is 12.1. The van der Waals surface area contributed by atoms with E-state index in [1.54, 1.807) is 0 Å². The number of likely N-dealkylation sites (N-methyl/N-ethyl adjacent to an activating group) is 1. The topological polar surface area (TPSA) is 93.3 Å². The molecule has 2 N–H and O–H groups in total. The monoisotopic (exact) mass is 517 g/mol. The second-order valence-electron chi connectivity index (χ2n) is 9.29. The number of fused-ring (bicyclic) bond motifs is 1. The van der Waals surface area contributed by atoms with E-state index in [1.165, 1.54) is 12.3 Å². The fourth-order valence-electron chi connectivity index (χ4n) is 4.79. The van der Waals surface area contributed by atoms with E-state index in [9.17, 15) is 17.6 Å². The van der Waals surface area contributed by atoms with Crippen LogP contribution in [0.3, 0.4) is 0 Å². The van der Waals surface area contributed by atoms with Crippen molar-refractivity contribution in [2.45, 2.75) is 37.9 Å². The molecule has 5 rings (SSSR count). The molecule has 2 aliphatic rings. The summed E-state index contributed by atoms with van der Waals surface area (Å²) >= 11 is 0. The lowest BCUT2D eigenvalue weighted by Gasteiger charge is -2.24. The number of halogens is 4. The van der Waals surface area contributed by atoms with Gasteiger partial charge in [-0.3, -0.25) is 4.98 Å². The Morgan fingerprint density at radius 2 is 1.84 bits per heavy atom. The second-order valence-corrected chi connectivity index (χ2v) is 9.29. The zero-order valence-corrected chi connectivity index (χ0v) is 20.3. The fourth-order valence-corrected chi connectivity index (χ4v) is 4.79. The van der Waals surface area contributed by atoms with Gasteiger partial charge in [-0.1, -0.05) is 12.2 Å². The standard InChI is InChI=1S/C25H27F4N7O/c1-35-8-6-7-15(35)14-37-24-32-18-12-19(22-21(25(27,28)29)17(26)11-20(30)33-22)31-13-16(18)23(34-24)36-9-4-2-3-5-10-36/h2-3,11-13,15H,4-10,14H2,1H3,(H2,30,33). The van der Waals surface area contributed by atoms with Crippen molar-refractivity contribution in [2.75, 3.05) is 43.9 Å². The van der Waals surface area contributed by atoms with Gasteiger partial charge in [-0.05, 0) is 45.3 Å². The molecule has 0 aromatic carbocycles. The fraction of sp³-hybridized carbons (Fsp3) is 0.440. The Bertz CT molecular complexity index is 1320. The van der Waals surface area contributed by atoms with Gasteiger partial charge < -0.3 is 20.3 Å². The SMILES string of the molecule is CN1CCCC1COc1nc(N2CCC=CCC2)c2cnc(-c3nc(N)cc(F)c3C(F)(F)F)cc2n1. The highest BCUT2D eigenvalue weighted by atomic mass is 19.4. The molecule has 1 saturated heterocycles. The Balaban J connectivity index is 1.60. The molecule has 1 unspecified atom stereocenters. The van der Waals surface area contributed by atoms with Crippen molar-refractivity contribution in [3.8, 4) is 17.4 Å². The van der Waals surface area contributed by atoms with E-state index >= 15 is 0 Å². The van der Waals surface area contributed by atoms with Crippen LogP contribution in [0.1, 0.15) is 31.2 Å². The number of aromatic nitrogens is 4. The molecule has 0 aliphatic carbocycles. The molecule has 0 amide bonds. The third-order valence-electron chi connectivity index (χ3n) is 6.73. The Kier molecular flexibility index (Phi) is 6.84. The molecule has 196 valence electrons. The lowest BCUT2D eigenvalue weighted by Crippen LogP contribution is -2.31. The van der Waals surface area contributed by atoms with Gasteiger partial charge >= 0.3 is 12.2 Å². The summed E-state index contributed by atoms with van der Waals surface area (Å²) in [5.74, 6) is -1.31. The predicted octanol–water partition coefficient (Wildman–Crippen LogP) is 4.46. The molecule has 2 aliphatic heterocycles. The third kappa shape index (κ3) is 5.29. The quantitative estimate of drug-likeness (QED) is 0.392. The molecule has 3 aromatic rings. The molecule has 8 nitrogen and oxygen atoms in total. The number of likely N-dealkylation sites (tertiary alicyclic amines) is 1. The van der Waals surface area contributed by atoms with Crippen molar-refractivity contribution in [3.05, 3.63) is 41.9 Å². The van der Waals surface area contributed by atoms with Gasteiger partial charge in [-0.15, -0.1) is 0 Å². The van der Waals surface area contributed by atoms with Crippen molar-refractivity contribution < 1.29 is 22.3 Å². The largest absolute Gasteiger partial charge is 0.462 e. The lowest BCUT2D eigenvalue weighted by molar-refractivity contribution is -0.139. The summed E-state index contributed by atoms with van der Waals surface area (Å²) in [4.78, 5) is 21.4. The maximum absolute atomic E-state index is 14.4. The molecule has 37 heavy (non-hydrogen) atoms. The zero-order valence-electron chi connectivity index (χ0n) is 20.3. The third-order valence-corrected chi connectivity index (χ3v) is 6.73. The van der Waals surface area contributed by atoms with Gasteiger partial charge in [-0.2, -0.15) is 23.1 Å². The van der Waals surface area contributed by atoms with Crippen LogP contribution in [0.5, 0.6) is 6.01 Å². The Morgan fingerprint density at radius 3 is 2.51 bits per heavy atom. The minimum Gasteiger partial charge on any atom is -0.462 e. The molecule has 0 radical (unpaired) electrons. The minimum absolute atomic E-state index is 0.125. The number of anilines is 2. The Morgan fingerprint density at radius 1 is 1.08 bits per heavy atom. The normalized spacial score (nSPS) is 18.9. The molecule has 0 spiro atoms. The first-order valence-electron chi connectivity index (χ1n) is 12.1. The minimum atomic E-state index is -4.99. The molecule has 12 heteroatoms. The van der Waals surface area contributed by atoms with Gasteiger partial charge in [0.25, 0.3) is 0 Å². The number of hydrogen-bond acceptors (Lipinski definition) is 8. The number of pyridine rings is 2. The van der Waals surface area contributed by atoms with Crippen LogP contribution in [0.4, 0.5) is 29.2 Å². The van der Waals surface area contributed by atoms with Crippen molar-refractivity contribution in [1.82, 2.24) is 24.8 Å². The molecular formula is C25H27F4N7O.